The quantitative estimate of drug-likeness (QED) is 0.704. The summed E-state index contributed by atoms with van der Waals surface area (Å²) in [4.78, 5) is 0. The lowest BCUT2D eigenvalue weighted by Gasteiger charge is -2.08. The summed E-state index contributed by atoms with van der Waals surface area (Å²) in [6.07, 6.45) is 0. The Hall–Kier alpha value is -2.57. The zero-order valence-corrected chi connectivity index (χ0v) is 12.2. The van der Waals surface area contributed by atoms with Crippen molar-refractivity contribution >= 4 is 11.6 Å². The van der Waals surface area contributed by atoms with E-state index in [9.17, 15) is 0 Å². The molecule has 0 saturated heterocycles. The van der Waals surface area contributed by atoms with Crippen LogP contribution in [0.3, 0.4) is 0 Å². The van der Waals surface area contributed by atoms with Gasteiger partial charge in [0.2, 0.25) is 0 Å². The van der Waals surface area contributed by atoms with Gasteiger partial charge in [0, 0.05) is 16.7 Å². The highest BCUT2D eigenvalue weighted by atomic mass is 35.5. The molecule has 0 amide bonds. The van der Waals surface area contributed by atoms with Crippen molar-refractivity contribution in [1.29, 1.82) is 5.26 Å². The van der Waals surface area contributed by atoms with Crippen LogP contribution in [0.1, 0.15) is 11.3 Å². The van der Waals surface area contributed by atoms with E-state index in [0.717, 1.165) is 22.5 Å². The Morgan fingerprint density at radius 1 is 1.10 bits per heavy atom. The van der Waals surface area contributed by atoms with E-state index in [1.54, 1.807) is 10.7 Å². The minimum atomic E-state index is 0.390. The lowest BCUT2D eigenvalue weighted by Crippen LogP contribution is -1.99. The van der Waals surface area contributed by atoms with Gasteiger partial charge in [-0.1, -0.05) is 35.9 Å². The first-order chi connectivity index (χ1) is 10.2. The predicted molar refractivity (Wildman–Crippen MR) is 83.5 cm³/mol. The fourth-order valence-electron chi connectivity index (χ4n) is 2.22. The summed E-state index contributed by atoms with van der Waals surface area (Å²) in [5.74, 6) is 0. The fourth-order valence-corrected chi connectivity index (χ4v) is 2.34. The Morgan fingerprint density at radius 2 is 1.86 bits per heavy atom. The SMILES string of the molecule is Cc1cccc(-n2nc(C#N)cc2-c2ccc(Cl)cc2)c1. The number of hydrogen-bond acceptors (Lipinski definition) is 2. The van der Waals surface area contributed by atoms with Crippen LogP contribution in [0.25, 0.3) is 16.9 Å². The topological polar surface area (TPSA) is 41.6 Å². The lowest BCUT2D eigenvalue weighted by molar-refractivity contribution is 0.879. The van der Waals surface area contributed by atoms with Crippen molar-refractivity contribution in [3.8, 4) is 23.0 Å². The van der Waals surface area contributed by atoms with Crippen LogP contribution >= 0.6 is 11.6 Å². The highest BCUT2D eigenvalue weighted by Crippen LogP contribution is 2.25. The molecule has 0 aliphatic carbocycles. The van der Waals surface area contributed by atoms with E-state index in [1.807, 2.05) is 55.5 Å². The van der Waals surface area contributed by atoms with Gasteiger partial charge in [0.15, 0.2) is 5.69 Å². The summed E-state index contributed by atoms with van der Waals surface area (Å²) in [6.45, 7) is 2.03. The van der Waals surface area contributed by atoms with Crippen LogP contribution in [-0.4, -0.2) is 9.78 Å². The molecule has 0 atom stereocenters. The number of hydrogen-bond donors (Lipinski definition) is 0. The maximum atomic E-state index is 9.12. The first-order valence-corrected chi connectivity index (χ1v) is 6.88. The molecule has 0 saturated carbocycles. The fraction of sp³-hybridized carbons (Fsp3) is 0.0588. The molecule has 0 radical (unpaired) electrons. The number of halogens is 1. The average molecular weight is 294 g/mol. The first-order valence-electron chi connectivity index (χ1n) is 6.50. The van der Waals surface area contributed by atoms with Crippen LogP contribution in [-0.2, 0) is 0 Å². The van der Waals surface area contributed by atoms with E-state index in [1.165, 1.54) is 0 Å². The van der Waals surface area contributed by atoms with Gasteiger partial charge in [0.05, 0.1) is 11.4 Å². The Bertz CT molecular complexity index is 826. The van der Waals surface area contributed by atoms with Crippen molar-refractivity contribution in [3.63, 3.8) is 0 Å². The van der Waals surface area contributed by atoms with Crippen LogP contribution in [0.2, 0.25) is 5.02 Å². The molecule has 3 aromatic rings. The summed E-state index contributed by atoms with van der Waals surface area (Å²) in [5.41, 5.74) is 4.30. The third kappa shape index (κ3) is 2.67. The van der Waals surface area contributed by atoms with Gasteiger partial charge in [-0.25, -0.2) is 4.68 Å². The molecule has 2 aromatic carbocycles. The Labute approximate surface area is 128 Å². The molecule has 3 rings (SSSR count). The average Bonchev–Trinajstić information content (AvgIpc) is 2.92. The molecule has 3 nitrogen and oxygen atoms in total. The lowest BCUT2D eigenvalue weighted by atomic mass is 10.1. The van der Waals surface area contributed by atoms with E-state index >= 15 is 0 Å². The Kier molecular flexibility index (Phi) is 3.47. The normalized spacial score (nSPS) is 10.3. The van der Waals surface area contributed by atoms with E-state index in [-0.39, 0.29) is 0 Å². The van der Waals surface area contributed by atoms with Crippen molar-refractivity contribution in [1.82, 2.24) is 9.78 Å². The van der Waals surface area contributed by atoms with Gasteiger partial charge >= 0.3 is 0 Å². The molecule has 0 fully saturated rings. The number of nitriles is 1. The number of nitrogens with zero attached hydrogens (tertiary/aromatic N) is 3. The number of aryl methyl sites for hydroxylation is 1. The first kappa shape index (κ1) is 13.4. The van der Waals surface area contributed by atoms with Crippen LogP contribution < -0.4 is 0 Å². The summed E-state index contributed by atoms with van der Waals surface area (Å²) in [6, 6.07) is 19.4. The minimum absolute atomic E-state index is 0.390. The molecule has 21 heavy (non-hydrogen) atoms. The summed E-state index contributed by atoms with van der Waals surface area (Å²) in [7, 11) is 0. The third-order valence-corrected chi connectivity index (χ3v) is 3.46. The molecule has 4 heteroatoms. The highest BCUT2D eigenvalue weighted by molar-refractivity contribution is 6.30. The minimum Gasteiger partial charge on any atom is -0.232 e. The van der Waals surface area contributed by atoms with Crippen molar-refractivity contribution in [2.45, 2.75) is 6.92 Å². The zero-order valence-electron chi connectivity index (χ0n) is 11.4. The van der Waals surface area contributed by atoms with Gasteiger partial charge in [0.1, 0.15) is 6.07 Å². The molecule has 0 aliphatic rings. The molecule has 0 aliphatic heterocycles. The summed E-state index contributed by atoms with van der Waals surface area (Å²) >= 11 is 5.93. The van der Waals surface area contributed by atoms with Gasteiger partial charge < -0.3 is 0 Å². The number of rotatable bonds is 2. The molecular weight excluding hydrogens is 282 g/mol. The van der Waals surface area contributed by atoms with Gasteiger partial charge in [-0.2, -0.15) is 10.4 Å². The molecule has 0 unspecified atom stereocenters. The largest absolute Gasteiger partial charge is 0.232 e. The summed E-state index contributed by atoms with van der Waals surface area (Å²) < 4.78 is 1.79. The van der Waals surface area contributed by atoms with E-state index < -0.39 is 0 Å². The van der Waals surface area contributed by atoms with E-state index in [4.69, 9.17) is 16.9 Å². The van der Waals surface area contributed by atoms with Crippen molar-refractivity contribution in [2.24, 2.45) is 0 Å². The molecule has 0 N–H and O–H groups in total. The summed E-state index contributed by atoms with van der Waals surface area (Å²) in [5, 5.41) is 14.2. The zero-order chi connectivity index (χ0) is 14.8. The Balaban J connectivity index is 2.19. The van der Waals surface area contributed by atoms with Gasteiger partial charge in [0.25, 0.3) is 0 Å². The van der Waals surface area contributed by atoms with Gasteiger partial charge in [-0.15, -0.1) is 0 Å². The maximum absolute atomic E-state index is 9.12. The second-order valence-electron chi connectivity index (χ2n) is 4.78. The van der Waals surface area contributed by atoms with E-state index in [2.05, 4.69) is 11.2 Å². The second-order valence-corrected chi connectivity index (χ2v) is 5.22. The molecule has 1 heterocycles. The number of aromatic nitrogens is 2. The smallest absolute Gasteiger partial charge is 0.163 e. The van der Waals surface area contributed by atoms with Crippen LogP contribution in [0, 0.1) is 18.3 Å². The molecular formula is C17H12ClN3. The van der Waals surface area contributed by atoms with Crippen molar-refractivity contribution < 1.29 is 0 Å². The monoisotopic (exact) mass is 293 g/mol. The van der Waals surface area contributed by atoms with Crippen LogP contribution in [0.5, 0.6) is 0 Å². The third-order valence-electron chi connectivity index (χ3n) is 3.21. The van der Waals surface area contributed by atoms with Crippen LogP contribution in [0.4, 0.5) is 0 Å². The highest BCUT2D eigenvalue weighted by Gasteiger charge is 2.11. The second kappa shape index (κ2) is 5.43. The molecule has 1 aromatic heterocycles. The molecule has 0 bridgehead atoms. The van der Waals surface area contributed by atoms with Crippen molar-refractivity contribution in [2.75, 3.05) is 0 Å². The number of benzene rings is 2. The van der Waals surface area contributed by atoms with Gasteiger partial charge in [-0.3, -0.25) is 0 Å². The molecule has 102 valence electrons. The van der Waals surface area contributed by atoms with E-state index in [0.29, 0.717) is 10.7 Å². The standard InChI is InChI=1S/C17H12ClN3/c1-12-3-2-4-16(9-12)21-17(10-15(11-19)20-21)13-5-7-14(18)8-6-13/h2-10H,1H3. The van der Waals surface area contributed by atoms with Gasteiger partial charge in [-0.05, 0) is 36.8 Å². The predicted octanol–water partition coefficient (Wildman–Crippen LogP) is 4.37. The van der Waals surface area contributed by atoms with Crippen LogP contribution in [0.15, 0.2) is 54.6 Å². The van der Waals surface area contributed by atoms with Crippen molar-refractivity contribution in [3.05, 3.63) is 70.9 Å². The Morgan fingerprint density at radius 3 is 2.52 bits per heavy atom. The molecule has 0 spiro atoms. The maximum Gasteiger partial charge on any atom is 0.163 e.